The molecule has 10 aliphatic rings. The molecule has 0 aromatic carbocycles. The number of methoxy groups -OCH3 is 1. The van der Waals surface area contributed by atoms with Gasteiger partial charge in [0, 0.05) is 105 Å². The molecule has 0 radical (unpaired) electrons. The standard InChI is InChI=1S/C21H39NO3.2C21H39NO2.C20H37NO2.C19H35NO2/c1-13(2)19-10-17(12-24-7)11-22(19)21(23)20(14(3)4)18-8-15(5)25-16(6)9-18;1-8-17-11-19(13(2)3)22(12-17)21(23)20(14(4)5)18-9-15(6)24-16(7)10-18;1-8-18-9-10-19(13(2)3)22(18)21(23)20(14(4)5)17-11-15(6)24-16(7)12-17;1-12(2)18-9-8-14(5)21(18)20(22)19(13(3)4)17-10-15(6)23-16(7)11-17;1-12(2)17-8-7-9-20(17)19(21)18(13(3)4)16-10-14(5)22-15(6)11-16/h13-20H,8-12H2,1-7H3;2*13-20H,8-12H2,1-7H3;12-19H,8-11H2,1-7H3;12-18H,7-11H2,1-6H3/t3*15?,16?,17?,18?,19-,20?;14?,15?,16?,17?,18-,19?;14?,15?,16?,17-,18?/m00000/s1. The highest BCUT2D eigenvalue weighted by atomic mass is 16.5. The molecule has 16 nitrogen and oxygen atoms in total. The van der Waals surface area contributed by atoms with Crippen molar-refractivity contribution in [2.75, 3.05) is 33.4 Å². The van der Waals surface area contributed by atoms with Gasteiger partial charge in [-0.2, -0.15) is 0 Å². The zero-order chi connectivity index (χ0) is 88.5. The molecule has 10 heterocycles. The van der Waals surface area contributed by atoms with E-state index in [0.717, 1.165) is 116 Å². The van der Waals surface area contributed by atoms with Crippen molar-refractivity contribution in [3.8, 4) is 0 Å². The van der Waals surface area contributed by atoms with Crippen molar-refractivity contribution in [3.63, 3.8) is 0 Å². The number of carbonyl (C=O) groups excluding carboxylic acids is 5. The lowest BCUT2D eigenvalue weighted by Crippen LogP contribution is -2.50. The second-order valence-electron chi connectivity index (χ2n) is 44.1. The Hall–Kier alpha value is -2.89. The van der Waals surface area contributed by atoms with Crippen LogP contribution < -0.4 is 0 Å². The molecule has 0 bridgehead atoms. The summed E-state index contributed by atoms with van der Waals surface area (Å²) in [5.41, 5.74) is 0. The average molecular weight is 1660 g/mol. The summed E-state index contributed by atoms with van der Waals surface area (Å²) in [6, 6.07) is 2.92. The highest BCUT2D eigenvalue weighted by Gasteiger charge is 2.50. The van der Waals surface area contributed by atoms with Gasteiger partial charge in [-0.25, -0.2) is 0 Å². The van der Waals surface area contributed by atoms with Crippen molar-refractivity contribution < 1.29 is 52.4 Å². The van der Waals surface area contributed by atoms with Gasteiger partial charge in [0.05, 0.1) is 67.6 Å². The van der Waals surface area contributed by atoms with Crippen LogP contribution in [0.4, 0.5) is 0 Å². The highest BCUT2D eigenvalue weighted by molar-refractivity contribution is 5.83. The van der Waals surface area contributed by atoms with E-state index >= 15 is 0 Å². The summed E-state index contributed by atoms with van der Waals surface area (Å²) in [6.45, 7) is 76.6. The lowest BCUT2D eigenvalue weighted by Gasteiger charge is -2.42. The van der Waals surface area contributed by atoms with Gasteiger partial charge in [-0.15, -0.1) is 0 Å². The molecule has 10 saturated heterocycles. The Kier molecular flexibility index (Phi) is 42.4. The number of hydrogen-bond donors (Lipinski definition) is 0. The predicted molar refractivity (Wildman–Crippen MR) is 487 cm³/mol. The summed E-state index contributed by atoms with van der Waals surface area (Å²) in [5, 5.41) is 0. The first kappa shape index (κ1) is 104. The van der Waals surface area contributed by atoms with Crippen LogP contribution in [0.15, 0.2) is 0 Å². The minimum absolute atomic E-state index is 0.108. The predicted octanol–water partition coefficient (Wildman–Crippen LogP) is 22.2. The fourth-order valence-corrected chi connectivity index (χ4v) is 25.3. The Bertz CT molecular complexity index is 2900. The van der Waals surface area contributed by atoms with Crippen LogP contribution in [0.1, 0.15) is 357 Å². The van der Waals surface area contributed by atoms with Gasteiger partial charge in [-0.05, 0) is 293 Å². The van der Waals surface area contributed by atoms with Crippen LogP contribution in [0.3, 0.4) is 0 Å². The molecule has 118 heavy (non-hydrogen) atoms. The largest absolute Gasteiger partial charge is 0.384 e. The van der Waals surface area contributed by atoms with E-state index in [0.29, 0.717) is 172 Å². The summed E-state index contributed by atoms with van der Waals surface area (Å²) in [4.78, 5) is 78.9. The molecule has 0 aliphatic carbocycles. The van der Waals surface area contributed by atoms with Crippen molar-refractivity contribution in [1.82, 2.24) is 24.5 Å². The number of ether oxygens (including phenoxy) is 6. The van der Waals surface area contributed by atoms with E-state index in [1.54, 1.807) is 7.11 Å². The van der Waals surface area contributed by atoms with Crippen molar-refractivity contribution in [2.45, 2.75) is 460 Å². The Morgan fingerprint density at radius 2 is 0.576 bits per heavy atom. The molecule has 10 aliphatic heterocycles. The van der Waals surface area contributed by atoms with E-state index in [1.165, 1.54) is 38.5 Å². The Balaban J connectivity index is 0.000000229. The van der Waals surface area contributed by atoms with Gasteiger partial charge in [0.25, 0.3) is 0 Å². The van der Waals surface area contributed by atoms with Crippen LogP contribution in [-0.4, -0.2) is 191 Å². The minimum Gasteiger partial charge on any atom is -0.384 e. The van der Waals surface area contributed by atoms with Crippen LogP contribution in [0.25, 0.3) is 0 Å². The first-order valence-electron chi connectivity index (χ1n) is 49.6. The number of amides is 5. The van der Waals surface area contributed by atoms with E-state index in [4.69, 9.17) is 28.4 Å². The van der Waals surface area contributed by atoms with E-state index in [9.17, 15) is 24.0 Å². The molecule has 0 saturated carbocycles. The minimum atomic E-state index is 0.108. The Morgan fingerprint density at radius 1 is 0.305 bits per heavy atom. The highest BCUT2D eigenvalue weighted by Crippen LogP contribution is 2.46. The fraction of sp³-hybridized carbons (Fsp3) is 0.951. The molecular weight excluding hydrogens is 1470 g/mol. The summed E-state index contributed by atoms with van der Waals surface area (Å²) in [5.74, 6) is 10.9. The van der Waals surface area contributed by atoms with Gasteiger partial charge >= 0.3 is 0 Å². The van der Waals surface area contributed by atoms with E-state index in [1.807, 2.05) is 0 Å². The molecule has 19 unspecified atom stereocenters. The summed E-state index contributed by atoms with van der Waals surface area (Å²) >= 11 is 0. The number of hydrogen-bond acceptors (Lipinski definition) is 11. The molecule has 10 rings (SSSR count). The third-order valence-electron chi connectivity index (χ3n) is 30.3. The SMILES string of the molecule is CC1CC(C(C(=O)N2C(C)CC[C@H]2C(C)C)C(C)C)CC(C)O1.CC1CC(C(C(=O)N2CCC[C@H]2C(C)C)C(C)C)CC(C)O1.CCC1CC[C@@H](C(C)C)N1C(=O)C(C(C)C)C1CC(C)OC(C)C1.CCC1C[C@@H](C(C)C)N(C(=O)C(C(C)C)C2CC(C)OC(C)C2)C1.COCC1C[C@@H](C(C)C)N(C(=O)C(C(C)C)C2CC(C)OC(C)C2)C1. The lowest BCUT2D eigenvalue weighted by atomic mass is 9.75. The number of rotatable bonds is 24. The molecule has 0 aromatic heterocycles. The molecule has 0 spiro atoms. The van der Waals surface area contributed by atoms with Crippen LogP contribution in [0.2, 0.25) is 0 Å². The maximum Gasteiger partial charge on any atom is 0.226 e. The summed E-state index contributed by atoms with van der Waals surface area (Å²) in [6.07, 6.45) is 24.4. The maximum absolute atomic E-state index is 13.7. The van der Waals surface area contributed by atoms with Gasteiger partial charge in [-0.1, -0.05) is 159 Å². The van der Waals surface area contributed by atoms with Gasteiger partial charge in [0.1, 0.15) is 0 Å². The van der Waals surface area contributed by atoms with Crippen molar-refractivity contribution in [3.05, 3.63) is 0 Å². The molecule has 5 amide bonds. The molecule has 16 heteroatoms. The van der Waals surface area contributed by atoms with Crippen LogP contribution in [0, 0.1) is 130 Å². The van der Waals surface area contributed by atoms with Crippen LogP contribution in [-0.2, 0) is 52.4 Å². The Morgan fingerprint density at radius 3 is 0.864 bits per heavy atom. The van der Waals surface area contributed by atoms with Gasteiger partial charge < -0.3 is 52.9 Å². The summed E-state index contributed by atoms with van der Waals surface area (Å²) < 4.78 is 34.9. The second-order valence-corrected chi connectivity index (χ2v) is 44.1. The molecule has 0 aromatic rings. The monoisotopic (exact) mass is 1660 g/mol. The van der Waals surface area contributed by atoms with Crippen LogP contribution in [0.5, 0.6) is 0 Å². The van der Waals surface area contributed by atoms with E-state index < -0.39 is 0 Å². The quantitative estimate of drug-likeness (QED) is 0.0906. The molecule has 24 atom stereocenters. The third kappa shape index (κ3) is 28.3. The van der Waals surface area contributed by atoms with E-state index in [-0.39, 0.29) is 90.6 Å². The third-order valence-corrected chi connectivity index (χ3v) is 30.3. The first-order chi connectivity index (χ1) is 55.3. The molecule has 0 N–H and O–H groups in total. The zero-order valence-corrected chi connectivity index (χ0v) is 82.7. The average Bonchev–Trinajstić information content (AvgIpc) is 1.61. The smallest absolute Gasteiger partial charge is 0.226 e. The number of likely N-dealkylation sites (tertiary alicyclic amines) is 5. The number of nitrogens with zero attached hydrogens (tertiary/aromatic N) is 5. The first-order valence-corrected chi connectivity index (χ1v) is 49.6. The fourth-order valence-electron chi connectivity index (χ4n) is 25.3. The van der Waals surface area contributed by atoms with Crippen molar-refractivity contribution in [2.24, 2.45) is 130 Å². The topological polar surface area (TPSA) is 157 Å². The summed E-state index contributed by atoms with van der Waals surface area (Å²) in [7, 11) is 1.76. The van der Waals surface area contributed by atoms with Gasteiger partial charge in [-0.3, -0.25) is 24.0 Å². The van der Waals surface area contributed by atoms with E-state index in [2.05, 4.69) is 253 Å². The van der Waals surface area contributed by atoms with Gasteiger partial charge in [0.15, 0.2) is 0 Å². The molecular formula is C102H189N5O11. The molecule has 10 fully saturated rings. The van der Waals surface area contributed by atoms with Crippen molar-refractivity contribution >= 4 is 29.5 Å². The lowest BCUT2D eigenvalue weighted by molar-refractivity contribution is -0.148. The zero-order valence-electron chi connectivity index (χ0n) is 82.7. The maximum atomic E-state index is 13.7. The van der Waals surface area contributed by atoms with Crippen LogP contribution >= 0.6 is 0 Å². The Labute approximate surface area is 726 Å². The van der Waals surface area contributed by atoms with Gasteiger partial charge in [0.2, 0.25) is 29.5 Å². The molecule has 688 valence electrons. The second kappa shape index (κ2) is 48.2. The van der Waals surface area contributed by atoms with Crippen molar-refractivity contribution in [1.29, 1.82) is 0 Å². The number of carbonyl (C=O) groups is 5. The normalized spacial score (nSPS) is 35.5.